The fraction of sp³-hybridized carbons (Fsp3) is 0.652. The average molecular weight is 526 g/mol. The van der Waals surface area contributed by atoms with E-state index in [4.69, 9.17) is 9.73 Å². The van der Waals surface area contributed by atoms with Crippen molar-refractivity contribution in [2.75, 3.05) is 31.6 Å². The van der Waals surface area contributed by atoms with Crippen molar-refractivity contribution >= 4 is 41.5 Å². The maximum atomic E-state index is 12.3. The minimum Gasteiger partial charge on any atom is -0.368 e. The molecule has 1 aromatic rings. The summed E-state index contributed by atoms with van der Waals surface area (Å²) in [6.45, 7) is 6.56. The van der Waals surface area contributed by atoms with Crippen LogP contribution in [-0.4, -0.2) is 49.1 Å². The van der Waals surface area contributed by atoms with Gasteiger partial charge in [0.15, 0.2) is 5.96 Å². The van der Waals surface area contributed by atoms with Crippen molar-refractivity contribution in [2.24, 2.45) is 16.8 Å². The summed E-state index contributed by atoms with van der Waals surface area (Å²) in [5.74, 6) is 2.65. The standard InChI is InChI=1S/C23H34N4O2.HI/c1-2-24-23(27-15-18-8-3-4-9-19(18)16-27)25-14-17-7-5-10-20(13-17)26-22(28)21-11-6-12-29-21;/h5,7,10,13,18-19,21H,2-4,6,8-9,11-12,14-16H2,1H3,(H,24,25)(H,26,28);1H. The number of guanidine groups is 1. The molecule has 2 aliphatic heterocycles. The van der Waals surface area contributed by atoms with Gasteiger partial charge in [0, 0.05) is 31.9 Å². The molecule has 0 bridgehead atoms. The van der Waals surface area contributed by atoms with Crippen LogP contribution in [0, 0.1) is 11.8 Å². The van der Waals surface area contributed by atoms with Gasteiger partial charge >= 0.3 is 0 Å². The Hall–Kier alpha value is -1.35. The highest BCUT2D eigenvalue weighted by Crippen LogP contribution is 2.36. The van der Waals surface area contributed by atoms with E-state index in [1.165, 1.54) is 25.7 Å². The number of carbonyl (C=O) groups excluding carboxylic acids is 1. The molecule has 1 aromatic carbocycles. The average Bonchev–Trinajstić information content (AvgIpc) is 3.41. The predicted octanol–water partition coefficient (Wildman–Crippen LogP) is 4.01. The molecule has 0 aromatic heterocycles. The highest BCUT2D eigenvalue weighted by Gasteiger charge is 2.35. The van der Waals surface area contributed by atoms with Crippen LogP contribution in [0.1, 0.15) is 51.0 Å². The maximum Gasteiger partial charge on any atom is 0.253 e. The van der Waals surface area contributed by atoms with Crippen LogP contribution in [0.4, 0.5) is 5.69 Å². The Morgan fingerprint density at radius 1 is 1.17 bits per heavy atom. The minimum atomic E-state index is -0.310. The van der Waals surface area contributed by atoms with E-state index in [0.717, 1.165) is 61.5 Å². The number of nitrogens with zero attached hydrogens (tertiary/aromatic N) is 2. The Morgan fingerprint density at radius 2 is 1.93 bits per heavy atom. The smallest absolute Gasteiger partial charge is 0.253 e. The third-order valence-corrected chi connectivity index (χ3v) is 6.44. The highest BCUT2D eigenvalue weighted by atomic mass is 127. The number of amides is 1. The van der Waals surface area contributed by atoms with Crippen molar-refractivity contribution in [1.82, 2.24) is 10.2 Å². The molecule has 30 heavy (non-hydrogen) atoms. The first-order valence-electron chi connectivity index (χ1n) is 11.3. The van der Waals surface area contributed by atoms with Gasteiger partial charge in [-0.1, -0.05) is 25.0 Å². The molecule has 4 rings (SSSR count). The third-order valence-electron chi connectivity index (χ3n) is 6.44. The summed E-state index contributed by atoms with van der Waals surface area (Å²) < 4.78 is 5.47. The topological polar surface area (TPSA) is 66.0 Å². The largest absolute Gasteiger partial charge is 0.368 e. The summed E-state index contributed by atoms with van der Waals surface area (Å²) in [4.78, 5) is 19.7. The number of hydrogen-bond donors (Lipinski definition) is 2. The number of likely N-dealkylation sites (tertiary alicyclic amines) is 1. The van der Waals surface area contributed by atoms with Crippen LogP contribution in [0.3, 0.4) is 0 Å². The van der Waals surface area contributed by atoms with Gasteiger partial charge in [0.25, 0.3) is 5.91 Å². The molecule has 2 heterocycles. The summed E-state index contributed by atoms with van der Waals surface area (Å²) in [5, 5.41) is 6.47. The molecule has 166 valence electrons. The summed E-state index contributed by atoms with van der Waals surface area (Å²) >= 11 is 0. The monoisotopic (exact) mass is 526 g/mol. The van der Waals surface area contributed by atoms with Crippen molar-refractivity contribution in [3.63, 3.8) is 0 Å². The molecule has 1 aliphatic carbocycles. The number of ether oxygens (including phenoxy) is 1. The molecule has 1 saturated carbocycles. The zero-order valence-corrected chi connectivity index (χ0v) is 20.3. The Morgan fingerprint density at radius 3 is 2.60 bits per heavy atom. The lowest BCUT2D eigenvalue weighted by molar-refractivity contribution is -0.124. The van der Waals surface area contributed by atoms with Crippen molar-refractivity contribution in [3.05, 3.63) is 29.8 Å². The molecule has 6 nitrogen and oxygen atoms in total. The fourth-order valence-corrected chi connectivity index (χ4v) is 4.93. The number of nitrogens with one attached hydrogen (secondary N) is 2. The first-order chi connectivity index (χ1) is 14.2. The minimum absolute atomic E-state index is 0. The van der Waals surface area contributed by atoms with Gasteiger partial charge in [-0.25, -0.2) is 4.99 Å². The van der Waals surface area contributed by atoms with E-state index in [2.05, 4.69) is 28.5 Å². The number of hydrogen-bond acceptors (Lipinski definition) is 3. The highest BCUT2D eigenvalue weighted by molar-refractivity contribution is 14.0. The van der Waals surface area contributed by atoms with Crippen LogP contribution in [0.15, 0.2) is 29.3 Å². The van der Waals surface area contributed by atoms with E-state index in [-0.39, 0.29) is 36.0 Å². The van der Waals surface area contributed by atoms with Crippen LogP contribution in [0.5, 0.6) is 0 Å². The lowest BCUT2D eigenvalue weighted by Crippen LogP contribution is -2.40. The van der Waals surface area contributed by atoms with E-state index in [0.29, 0.717) is 13.2 Å². The predicted molar refractivity (Wildman–Crippen MR) is 131 cm³/mol. The Bertz CT molecular complexity index is 722. The molecule has 7 heteroatoms. The number of rotatable bonds is 5. The van der Waals surface area contributed by atoms with Crippen molar-refractivity contribution in [1.29, 1.82) is 0 Å². The first kappa shape index (κ1) is 23.3. The van der Waals surface area contributed by atoms with Gasteiger partial charge in [-0.2, -0.15) is 0 Å². The second-order valence-electron chi connectivity index (χ2n) is 8.57. The molecule has 2 saturated heterocycles. The van der Waals surface area contributed by atoms with E-state index >= 15 is 0 Å². The summed E-state index contributed by atoms with van der Waals surface area (Å²) in [5.41, 5.74) is 1.91. The van der Waals surface area contributed by atoms with Crippen molar-refractivity contribution in [3.8, 4) is 0 Å². The van der Waals surface area contributed by atoms with Crippen LogP contribution >= 0.6 is 24.0 Å². The van der Waals surface area contributed by atoms with Crippen LogP contribution in [0.25, 0.3) is 0 Å². The molecular formula is C23H35IN4O2. The number of aliphatic imine (C=N–C) groups is 1. The number of carbonyl (C=O) groups is 1. The Labute approximate surface area is 197 Å². The zero-order chi connectivity index (χ0) is 20.1. The van der Waals surface area contributed by atoms with Crippen molar-refractivity contribution in [2.45, 2.75) is 58.1 Å². The number of fused-ring (bicyclic) bond motifs is 1. The van der Waals surface area contributed by atoms with Gasteiger partial charge in [0.1, 0.15) is 6.10 Å². The van der Waals surface area contributed by atoms with E-state index < -0.39 is 0 Å². The van der Waals surface area contributed by atoms with Gasteiger partial charge < -0.3 is 20.3 Å². The second kappa shape index (κ2) is 11.3. The van der Waals surface area contributed by atoms with Gasteiger partial charge in [-0.05, 0) is 62.1 Å². The van der Waals surface area contributed by atoms with E-state index in [9.17, 15) is 4.79 Å². The molecule has 3 fully saturated rings. The normalized spacial score (nSPS) is 26.1. The van der Waals surface area contributed by atoms with Crippen LogP contribution < -0.4 is 10.6 Å². The van der Waals surface area contributed by atoms with Crippen molar-refractivity contribution < 1.29 is 9.53 Å². The molecule has 0 radical (unpaired) electrons. The van der Waals surface area contributed by atoms with Gasteiger partial charge in [0.05, 0.1) is 6.54 Å². The number of halogens is 1. The molecule has 1 amide bonds. The number of anilines is 1. The molecular weight excluding hydrogens is 491 g/mol. The molecule has 3 unspecified atom stereocenters. The zero-order valence-electron chi connectivity index (χ0n) is 17.9. The quantitative estimate of drug-likeness (QED) is 0.346. The molecule has 3 atom stereocenters. The lowest BCUT2D eigenvalue weighted by atomic mass is 9.82. The summed E-state index contributed by atoms with van der Waals surface area (Å²) in [7, 11) is 0. The summed E-state index contributed by atoms with van der Waals surface area (Å²) in [6, 6.07) is 7.99. The van der Waals surface area contributed by atoms with E-state index in [1.807, 2.05) is 18.2 Å². The fourth-order valence-electron chi connectivity index (χ4n) is 4.93. The Balaban J connectivity index is 0.00000256. The SMILES string of the molecule is CCNC(=NCc1cccc(NC(=O)C2CCCO2)c1)N1CC2CCCCC2C1.I. The first-order valence-corrected chi connectivity index (χ1v) is 11.3. The molecule has 0 spiro atoms. The van der Waals surface area contributed by atoms with E-state index in [1.54, 1.807) is 0 Å². The van der Waals surface area contributed by atoms with Gasteiger partial charge in [0.2, 0.25) is 0 Å². The van der Waals surface area contributed by atoms with Crippen LogP contribution in [-0.2, 0) is 16.1 Å². The Kier molecular flexibility index (Phi) is 8.80. The second-order valence-corrected chi connectivity index (χ2v) is 8.57. The lowest BCUT2D eigenvalue weighted by Gasteiger charge is -2.22. The molecule has 3 aliphatic rings. The summed E-state index contributed by atoms with van der Waals surface area (Å²) in [6.07, 6.45) is 6.95. The van der Waals surface area contributed by atoms with Gasteiger partial charge in [-0.15, -0.1) is 24.0 Å². The number of benzene rings is 1. The third kappa shape index (κ3) is 5.87. The maximum absolute atomic E-state index is 12.3. The van der Waals surface area contributed by atoms with Gasteiger partial charge in [-0.3, -0.25) is 4.79 Å². The molecule has 2 N–H and O–H groups in total. The van der Waals surface area contributed by atoms with Crippen LogP contribution in [0.2, 0.25) is 0 Å².